The summed E-state index contributed by atoms with van der Waals surface area (Å²) in [4.78, 5) is 0. The highest BCUT2D eigenvalue weighted by Gasteiger charge is 2.57. The summed E-state index contributed by atoms with van der Waals surface area (Å²) in [6, 6.07) is 1.08. The van der Waals surface area contributed by atoms with E-state index in [1.165, 1.54) is 6.42 Å². The van der Waals surface area contributed by atoms with Crippen molar-refractivity contribution in [3.63, 3.8) is 0 Å². The zero-order valence-electron chi connectivity index (χ0n) is 11.0. The van der Waals surface area contributed by atoms with Gasteiger partial charge in [0.1, 0.15) is 0 Å². The molecule has 2 unspecified atom stereocenters. The van der Waals surface area contributed by atoms with Crippen molar-refractivity contribution < 1.29 is 18.6 Å². The van der Waals surface area contributed by atoms with Crippen LogP contribution >= 0.6 is 0 Å². The maximum Gasteiger partial charge on any atom is 0.257 e. The molecular formula is C10H24O4Si2. The molecular weight excluding hydrogens is 240 g/mol. The molecule has 0 bridgehead atoms. The number of rotatable bonds is 5. The van der Waals surface area contributed by atoms with Gasteiger partial charge in [-0.1, -0.05) is 6.42 Å². The summed E-state index contributed by atoms with van der Waals surface area (Å²) >= 11 is 0. The van der Waals surface area contributed by atoms with Crippen LogP contribution < -0.4 is 0 Å². The largest absolute Gasteiger partial charge is 0.411 e. The number of methoxy groups -OCH3 is 3. The average Bonchev–Trinajstić information content (AvgIpc) is 2.31. The normalized spacial score (nSPS) is 29.2. The van der Waals surface area contributed by atoms with Crippen molar-refractivity contribution in [1.82, 2.24) is 0 Å². The highest BCUT2D eigenvalue weighted by atomic mass is 28.4. The first-order chi connectivity index (χ1) is 7.56. The third-order valence-electron chi connectivity index (χ3n) is 3.70. The first kappa shape index (κ1) is 14.3. The maximum atomic E-state index is 6.07. The smallest absolute Gasteiger partial charge is 0.257 e. The van der Waals surface area contributed by atoms with Crippen molar-refractivity contribution >= 4 is 18.6 Å². The summed E-state index contributed by atoms with van der Waals surface area (Å²) in [5.74, 6) is 0. The van der Waals surface area contributed by atoms with E-state index in [1.54, 1.807) is 21.3 Å². The fourth-order valence-electron chi connectivity index (χ4n) is 2.64. The lowest BCUT2D eigenvalue weighted by atomic mass is 10.4. The fourth-order valence-corrected chi connectivity index (χ4v) is 9.00. The molecule has 1 aliphatic rings. The van der Waals surface area contributed by atoms with Crippen LogP contribution in [0.3, 0.4) is 0 Å². The van der Waals surface area contributed by atoms with Gasteiger partial charge in [0.2, 0.25) is 5.41 Å². The molecule has 1 heterocycles. The molecule has 4 nitrogen and oxygen atoms in total. The number of hydrogen-bond donors (Lipinski definition) is 0. The quantitative estimate of drug-likeness (QED) is 0.526. The molecule has 0 aromatic heterocycles. The van der Waals surface area contributed by atoms with Crippen LogP contribution in [0, 0.1) is 0 Å². The molecule has 0 aliphatic carbocycles. The van der Waals surface area contributed by atoms with Crippen LogP contribution in [0.1, 0.15) is 12.8 Å². The first-order valence-corrected chi connectivity index (χ1v) is 9.60. The Morgan fingerprint density at radius 3 is 2.25 bits per heavy atom. The van der Waals surface area contributed by atoms with Gasteiger partial charge in [0.05, 0.1) is 5.73 Å². The monoisotopic (exact) mass is 264 g/mol. The van der Waals surface area contributed by atoms with Gasteiger partial charge in [-0.3, -0.25) is 0 Å². The second-order valence-electron chi connectivity index (χ2n) is 4.49. The standard InChI is InChI=1S/C10H24O4Si2/c1-11-9(15)10(12-2,13-3)16(4)8-6-5-7-14-16/h9H,5-8H2,1-4,15H3. The lowest BCUT2D eigenvalue weighted by Gasteiger charge is -2.48. The first-order valence-electron chi connectivity index (χ1n) is 5.83. The minimum atomic E-state index is -2.04. The zero-order valence-corrected chi connectivity index (χ0v) is 14.0. The number of ether oxygens (including phenoxy) is 3. The molecule has 96 valence electrons. The third kappa shape index (κ3) is 2.27. The molecule has 1 aliphatic heterocycles. The van der Waals surface area contributed by atoms with Gasteiger partial charge in [-0.25, -0.2) is 0 Å². The predicted octanol–water partition coefficient (Wildman–Crippen LogP) is 0.238. The second kappa shape index (κ2) is 5.74. The Kier molecular flexibility index (Phi) is 5.15. The Balaban J connectivity index is 2.98. The molecule has 0 aromatic carbocycles. The van der Waals surface area contributed by atoms with Gasteiger partial charge in [0.25, 0.3) is 8.32 Å². The van der Waals surface area contributed by atoms with Gasteiger partial charge in [0, 0.05) is 38.2 Å². The van der Waals surface area contributed by atoms with Crippen molar-refractivity contribution in [2.75, 3.05) is 27.9 Å². The Hall–Kier alpha value is 0.274. The van der Waals surface area contributed by atoms with Crippen LogP contribution in [0.25, 0.3) is 0 Å². The van der Waals surface area contributed by atoms with Gasteiger partial charge < -0.3 is 18.6 Å². The molecule has 0 radical (unpaired) electrons. The second-order valence-corrected chi connectivity index (χ2v) is 9.49. The minimum Gasteiger partial charge on any atom is -0.411 e. The van der Waals surface area contributed by atoms with E-state index in [0.717, 1.165) is 29.3 Å². The van der Waals surface area contributed by atoms with E-state index < -0.39 is 13.7 Å². The Morgan fingerprint density at radius 1 is 1.25 bits per heavy atom. The van der Waals surface area contributed by atoms with Crippen molar-refractivity contribution in [3.8, 4) is 0 Å². The molecule has 1 saturated heterocycles. The van der Waals surface area contributed by atoms with Crippen LogP contribution in [0.15, 0.2) is 0 Å². The molecule has 1 rings (SSSR count). The Bertz CT molecular complexity index is 215. The topological polar surface area (TPSA) is 36.9 Å². The summed E-state index contributed by atoms with van der Waals surface area (Å²) in [6.45, 7) is 3.03. The maximum absolute atomic E-state index is 6.07. The van der Waals surface area contributed by atoms with Gasteiger partial charge in [-0.2, -0.15) is 0 Å². The molecule has 6 heteroatoms. The molecule has 1 fully saturated rings. The Labute approximate surface area is 102 Å². The Morgan fingerprint density at radius 2 is 1.88 bits per heavy atom. The molecule has 0 aromatic rings. The summed E-state index contributed by atoms with van der Waals surface area (Å²) in [7, 11) is 3.94. The lowest BCUT2D eigenvalue weighted by Crippen LogP contribution is -2.68. The molecule has 0 amide bonds. The lowest BCUT2D eigenvalue weighted by molar-refractivity contribution is -0.203. The molecule has 2 atom stereocenters. The van der Waals surface area contributed by atoms with Crippen molar-refractivity contribution in [1.29, 1.82) is 0 Å². The van der Waals surface area contributed by atoms with Gasteiger partial charge in [-0.05, 0) is 19.0 Å². The van der Waals surface area contributed by atoms with E-state index >= 15 is 0 Å². The van der Waals surface area contributed by atoms with Crippen molar-refractivity contribution in [2.45, 2.75) is 36.6 Å². The molecule has 0 spiro atoms. The van der Waals surface area contributed by atoms with E-state index in [9.17, 15) is 0 Å². The van der Waals surface area contributed by atoms with Crippen LogP contribution in [-0.2, 0) is 18.6 Å². The van der Waals surface area contributed by atoms with Gasteiger partial charge in [0.15, 0.2) is 0 Å². The fraction of sp³-hybridized carbons (Fsp3) is 1.00. The minimum absolute atomic E-state index is 0.0114. The van der Waals surface area contributed by atoms with Crippen molar-refractivity contribution in [3.05, 3.63) is 0 Å². The zero-order chi connectivity index (χ0) is 12.2. The van der Waals surface area contributed by atoms with E-state index in [1.807, 2.05) is 0 Å². The summed E-state index contributed by atoms with van der Waals surface area (Å²) in [5.41, 5.74) is -0.633. The van der Waals surface area contributed by atoms with Crippen LogP contribution in [0.4, 0.5) is 0 Å². The number of hydrogen-bond acceptors (Lipinski definition) is 4. The SMILES string of the molecule is COC([SiH3])C(OC)(OC)[Si]1(C)CCCCO1. The van der Waals surface area contributed by atoms with Crippen LogP contribution in [0.5, 0.6) is 0 Å². The third-order valence-corrected chi connectivity index (χ3v) is 9.95. The van der Waals surface area contributed by atoms with E-state index in [-0.39, 0.29) is 5.73 Å². The average molecular weight is 264 g/mol. The summed E-state index contributed by atoms with van der Waals surface area (Å²) < 4.78 is 23.0. The van der Waals surface area contributed by atoms with Crippen molar-refractivity contribution in [2.24, 2.45) is 0 Å². The van der Waals surface area contributed by atoms with E-state index in [2.05, 4.69) is 6.55 Å². The highest BCUT2D eigenvalue weighted by molar-refractivity contribution is 6.75. The summed E-state index contributed by atoms with van der Waals surface area (Å²) in [6.07, 6.45) is 2.35. The van der Waals surface area contributed by atoms with E-state index in [4.69, 9.17) is 18.6 Å². The van der Waals surface area contributed by atoms with E-state index in [0.29, 0.717) is 0 Å². The highest BCUT2D eigenvalue weighted by Crippen LogP contribution is 2.37. The molecule has 16 heavy (non-hydrogen) atoms. The van der Waals surface area contributed by atoms with Crippen LogP contribution in [0.2, 0.25) is 12.6 Å². The van der Waals surface area contributed by atoms with Crippen LogP contribution in [-0.4, -0.2) is 57.6 Å². The van der Waals surface area contributed by atoms with Gasteiger partial charge in [-0.15, -0.1) is 0 Å². The van der Waals surface area contributed by atoms with Gasteiger partial charge >= 0.3 is 0 Å². The summed E-state index contributed by atoms with van der Waals surface area (Å²) in [5, 5.41) is 0. The predicted molar refractivity (Wildman–Crippen MR) is 69.1 cm³/mol. The molecule has 0 N–H and O–H groups in total. The molecule has 0 saturated carbocycles.